The molecular formula is C13H22N2O3S. The van der Waals surface area contributed by atoms with Crippen molar-refractivity contribution in [3.63, 3.8) is 0 Å². The van der Waals surface area contributed by atoms with Crippen LogP contribution < -0.4 is 5.73 Å². The van der Waals surface area contributed by atoms with Crippen LogP contribution in [0.3, 0.4) is 0 Å². The summed E-state index contributed by atoms with van der Waals surface area (Å²) in [6, 6.07) is 1.30. The molecule has 108 valence electrons. The van der Waals surface area contributed by atoms with Gasteiger partial charge in [0.05, 0.1) is 11.5 Å². The van der Waals surface area contributed by atoms with E-state index in [1.54, 1.807) is 26.8 Å². The number of aryl methyl sites for hydroxylation is 1. The lowest BCUT2D eigenvalue weighted by Gasteiger charge is -2.25. The summed E-state index contributed by atoms with van der Waals surface area (Å²) in [5, 5.41) is 9.13. The van der Waals surface area contributed by atoms with Crippen molar-refractivity contribution in [3.05, 3.63) is 22.8 Å². The number of nitrogen functional groups attached to an aromatic ring is 1. The van der Waals surface area contributed by atoms with Gasteiger partial charge in [0, 0.05) is 18.8 Å². The van der Waals surface area contributed by atoms with E-state index in [1.165, 1.54) is 11.4 Å². The topological polar surface area (TPSA) is 83.6 Å². The molecule has 0 spiro atoms. The Morgan fingerprint density at radius 3 is 2.32 bits per heavy atom. The molecule has 0 saturated heterocycles. The van der Waals surface area contributed by atoms with Gasteiger partial charge >= 0.3 is 0 Å². The maximum absolute atomic E-state index is 12.6. The molecule has 1 atom stereocenters. The summed E-state index contributed by atoms with van der Waals surface area (Å²) in [7, 11) is -2.20. The molecule has 0 aliphatic heterocycles. The third-order valence-electron chi connectivity index (χ3n) is 3.60. The van der Waals surface area contributed by atoms with Crippen LogP contribution in [-0.2, 0) is 10.0 Å². The minimum atomic E-state index is -3.66. The fourth-order valence-corrected chi connectivity index (χ4v) is 3.81. The first kappa shape index (κ1) is 15.9. The SMILES string of the molecule is Cc1cc(N)c(C)c(S(=O)(=O)N(C)C(C)CO)c1C. The van der Waals surface area contributed by atoms with Gasteiger partial charge in [-0.15, -0.1) is 0 Å². The minimum absolute atomic E-state index is 0.227. The molecule has 0 aliphatic carbocycles. The maximum Gasteiger partial charge on any atom is 0.243 e. The second-order valence-corrected chi connectivity index (χ2v) is 6.85. The number of nitrogens with two attached hydrogens (primary N) is 1. The smallest absolute Gasteiger partial charge is 0.243 e. The zero-order valence-corrected chi connectivity index (χ0v) is 12.9. The number of aliphatic hydroxyl groups is 1. The summed E-state index contributed by atoms with van der Waals surface area (Å²) in [5.41, 5.74) is 8.42. The number of anilines is 1. The van der Waals surface area contributed by atoms with E-state index in [0.717, 1.165) is 5.56 Å². The van der Waals surface area contributed by atoms with Crippen LogP contribution >= 0.6 is 0 Å². The van der Waals surface area contributed by atoms with Gasteiger partial charge in [-0.1, -0.05) is 0 Å². The first-order valence-corrected chi connectivity index (χ1v) is 7.53. The number of hydrogen-bond donors (Lipinski definition) is 2. The van der Waals surface area contributed by atoms with E-state index in [0.29, 0.717) is 16.8 Å². The lowest BCUT2D eigenvalue weighted by atomic mass is 10.1. The van der Waals surface area contributed by atoms with E-state index in [9.17, 15) is 8.42 Å². The number of sulfonamides is 1. The number of nitrogens with zero attached hydrogens (tertiary/aromatic N) is 1. The third kappa shape index (κ3) is 2.75. The van der Waals surface area contributed by atoms with Gasteiger partial charge in [-0.3, -0.25) is 0 Å². The van der Waals surface area contributed by atoms with Gasteiger partial charge in [0.25, 0.3) is 0 Å². The molecule has 6 heteroatoms. The van der Waals surface area contributed by atoms with E-state index in [2.05, 4.69) is 0 Å². The van der Waals surface area contributed by atoms with Crippen molar-refractivity contribution in [2.24, 2.45) is 0 Å². The molecule has 0 fully saturated rings. The summed E-state index contributed by atoms with van der Waals surface area (Å²) in [5.74, 6) is 0. The van der Waals surface area contributed by atoms with Crippen molar-refractivity contribution in [3.8, 4) is 0 Å². The molecule has 3 N–H and O–H groups in total. The van der Waals surface area contributed by atoms with Crippen molar-refractivity contribution in [2.45, 2.75) is 38.6 Å². The Labute approximate surface area is 115 Å². The molecule has 1 rings (SSSR count). The van der Waals surface area contributed by atoms with E-state index in [-0.39, 0.29) is 11.5 Å². The second-order valence-electron chi connectivity index (χ2n) is 4.91. The zero-order chi connectivity index (χ0) is 15.0. The Morgan fingerprint density at radius 1 is 1.32 bits per heavy atom. The van der Waals surface area contributed by atoms with Gasteiger partial charge < -0.3 is 10.8 Å². The average Bonchev–Trinajstić information content (AvgIpc) is 2.34. The molecular weight excluding hydrogens is 264 g/mol. The van der Waals surface area contributed by atoms with Crippen LogP contribution in [0.15, 0.2) is 11.0 Å². The molecule has 5 nitrogen and oxygen atoms in total. The second kappa shape index (κ2) is 5.48. The Hall–Kier alpha value is -1.11. The Morgan fingerprint density at radius 2 is 1.84 bits per heavy atom. The van der Waals surface area contributed by atoms with Gasteiger partial charge in [-0.25, -0.2) is 8.42 Å². The van der Waals surface area contributed by atoms with Crippen molar-refractivity contribution < 1.29 is 13.5 Å². The zero-order valence-electron chi connectivity index (χ0n) is 12.1. The molecule has 0 radical (unpaired) electrons. The highest BCUT2D eigenvalue weighted by molar-refractivity contribution is 7.89. The average molecular weight is 286 g/mol. The molecule has 0 aliphatic rings. The van der Waals surface area contributed by atoms with Crippen molar-refractivity contribution in [1.82, 2.24) is 4.31 Å². The van der Waals surface area contributed by atoms with Crippen molar-refractivity contribution in [2.75, 3.05) is 19.4 Å². The van der Waals surface area contributed by atoms with Crippen LogP contribution in [0.25, 0.3) is 0 Å². The highest BCUT2D eigenvalue weighted by Crippen LogP contribution is 2.30. The van der Waals surface area contributed by atoms with Crippen LogP contribution in [0, 0.1) is 20.8 Å². The number of hydrogen-bond acceptors (Lipinski definition) is 4. The van der Waals surface area contributed by atoms with Gasteiger partial charge in [-0.2, -0.15) is 4.31 Å². The first-order chi connectivity index (χ1) is 8.64. The van der Waals surface area contributed by atoms with Gasteiger partial charge in [0.1, 0.15) is 0 Å². The Balaban J connectivity index is 3.54. The molecule has 0 amide bonds. The van der Waals surface area contributed by atoms with E-state index in [1.807, 2.05) is 6.92 Å². The molecule has 0 heterocycles. The number of likely N-dealkylation sites (N-methyl/N-ethyl adjacent to an activating group) is 1. The third-order valence-corrected chi connectivity index (χ3v) is 5.85. The lowest BCUT2D eigenvalue weighted by Crippen LogP contribution is -2.38. The number of benzene rings is 1. The normalized spacial score (nSPS) is 13.8. The standard InChI is InChI=1S/C13H22N2O3S/c1-8-6-12(14)11(4)13(10(8)3)19(17,18)15(5)9(2)7-16/h6,9,16H,7,14H2,1-5H3. The molecule has 1 unspecified atom stereocenters. The molecule has 0 aromatic heterocycles. The fourth-order valence-electron chi connectivity index (χ4n) is 1.92. The van der Waals surface area contributed by atoms with Crippen LogP contribution in [0.5, 0.6) is 0 Å². The van der Waals surface area contributed by atoms with Gasteiger partial charge in [0.15, 0.2) is 0 Å². The van der Waals surface area contributed by atoms with E-state index in [4.69, 9.17) is 10.8 Å². The van der Waals surface area contributed by atoms with Crippen molar-refractivity contribution >= 4 is 15.7 Å². The number of aliphatic hydroxyl groups excluding tert-OH is 1. The van der Waals surface area contributed by atoms with Crippen LogP contribution in [0.1, 0.15) is 23.6 Å². The van der Waals surface area contributed by atoms with E-state index < -0.39 is 16.1 Å². The Bertz CT molecular complexity index is 556. The summed E-state index contributed by atoms with van der Waals surface area (Å²) < 4.78 is 26.5. The predicted molar refractivity (Wildman–Crippen MR) is 76.6 cm³/mol. The van der Waals surface area contributed by atoms with Gasteiger partial charge in [0.2, 0.25) is 10.0 Å². The Kier molecular flexibility index (Phi) is 4.60. The van der Waals surface area contributed by atoms with Crippen LogP contribution in [0.4, 0.5) is 5.69 Å². The minimum Gasteiger partial charge on any atom is -0.398 e. The summed E-state index contributed by atoms with van der Waals surface area (Å²) in [6.45, 7) is 6.73. The predicted octanol–water partition coefficient (Wildman–Crippen LogP) is 1.20. The number of rotatable bonds is 4. The molecule has 0 saturated carbocycles. The monoisotopic (exact) mass is 286 g/mol. The van der Waals surface area contributed by atoms with Crippen LogP contribution in [-0.4, -0.2) is 37.5 Å². The van der Waals surface area contributed by atoms with Crippen molar-refractivity contribution in [1.29, 1.82) is 0 Å². The summed E-state index contributed by atoms with van der Waals surface area (Å²) in [6.07, 6.45) is 0. The largest absolute Gasteiger partial charge is 0.398 e. The summed E-state index contributed by atoms with van der Waals surface area (Å²) >= 11 is 0. The fraction of sp³-hybridized carbons (Fsp3) is 0.538. The first-order valence-electron chi connectivity index (χ1n) is 6.09. The molecule has 1 aromatic rings. The quantitative estimate of drug-likeness (QED) is 0.815. The van der Waals surface area contributed by atoms with Gasteiger partial charge in [-0.05, 0) is 50.5 Å². The van der Waals surface area contributed by atoms with Crippen LogP contribution in [0.2, 0.25) is 0 Å². The van der Waals surface area contributed by atoms with E-state index >= 15 is 0 Å². The summed E-state index contributed by atoms with van der Waals surface area (Å²) in [4.78, 5) is 0.243. The molecule has 0 bridgehead atoms. The lowest BCUT2D eigenvalue weighted by molar-refractivity contribution is 0.213. The highest BCUT2D eigenvalue weighted by Gasteiger charge is 2.29. The maximum atomic E-state index is 12.6. The molecule has 19 heavy (non-hydrogen) atoms. The highest BCUT2D eigenvalue weighted by atomic mass is 32.2. The molecule has 1 aromatic carbocycles.